The van der Waals surface area contributed by atoms with Gasteiger partial charge in [0.25, 0.3) is 0 Å². The molecule has 0 aromatic heterocycles. The smallest absolute Gasteiger partial charge is 0.321 e. The van der Waals surface area contributed by atoms with Crippen molar-refractivity contribution < 1.29 is 9.59 Å². The monoisotopic (exact) mass is 184 g/mol. The first-order valence-electron chi connectivity index (χ1n) is 4.47. The fourth-order valence-corrected chi connectivity index (χ4v) is 1.47. The number of rotatable bonds is 1. The van der Waals surface area contributed by atoms with Gasteiger partial charge in [0.15, 0.2) is 0 Å². The first-order valence-corrected chi connectivity index (χ1v) is 4.47. The van der Waals surface area contributed by atoms with Crippen molar-refractivity contribution in [3.63, 3.8) is 0 Å². The summed E-state index contributed by atoms with van der Waals surface area (Å²) in [6.45, 7) is 6.70. The minimum Gasteiger partial charge on any atom is -0.337 e. The lowest BCUT2D eigenvalue weighted by molar-refractivity contribution is -0.125. The molecule has 1 unspecified atom stereocenters. The van der Waals surface area contributed by atoms with Gasteiger partial charge in [-0.3, -0.25) is 10.1 Å². The van der Waals surface area contributed by atoms with Crippen LogP contribution in [0.2, 0.25) is 0 Å². The lowest BCUT2D eigenvalue weighted by atomic mass is 9.84. The van der Waals surface area contributed by atoms with E-state index in [9.17, 15) is 9.59 Å². The van der Waals surface area contributed by atoms with E-state index in [-0.39, 0.29) is 23.3 Å². The van der Waals surface area contributed by atoms with Crippen LogP contribution in [0.1, 0.15) is 27.2 Å². The average Bonchev–Trinajstić information content (AvgIpc) is 1.93. The van der Waals surface area contributed by atoms with Crippen molar-refractivity contribution in [3.05, 3.63) is 0 Å². The van der Waals surface area contributed by atoms with Gasteiger partial charge < -0.3 is 5.32 Å². The number of nitrogens with one attached hydrogen (secondary N) is 2. The van der Waals surface area contributed by atoms with E-state index >= 15 is 0 Å². The lowest BCUT2D eigenvalue weighted by Crippen LogP contribution is -2.52. The summed E-state index contributed by atoms with van der Waals surface area (Å²) in [5.41, 5.74) is 0.115. The van der Waals surface area contributed by atoms with Gasteiger partial charge in [0.2, 0.25) is 5.91 Å². The summed E-state index contributed by atoms with van der Waals surface area (Å²) >= 11 is 0. The Morgan fingerprint density at radius 3 is 2.46 bits per heavy atom. The highest BCUT2D eigenvalue weighted by Crippen LogP contribution is 2.24. The summed E-state index contributed by atoms with van der Waals surface area (Å²) in [5.74, 6) is -0.239. The van der Waals surface area contributed by atoms with Crippen LogP contribution in [0.15, 0.2) is 0 Å². The predicted molar refractivity (Wildman–Crippen MR) is 49.1 cm³/mol. The highest BCUT2D eigenvalue weighted by Gasteiger charge is 2.29. The summed E-state index contributed by atoms with van der Waals surface area (Å²) in [6, 6.07) is -0.379. The van der Waals surface area contributed by atoms with Crippen molar-refractivity contribution in [3.8, 4) is 0 Å². The molecular weight excluding hydrogens is 168 g/mol. The topological polar surface area (TPSA) is 58.2 Å². The third-order valence-electron chi connectivity index (χ3n) is 1.98. The van der Waals surface area contributed by atoms with Crippen molar-refractivity contribution in [2.45, 2.75) is 27.2 Å². The van der Waals surface area contributed by atoms with Crippen LogP contribution in [-0.2, 0) is 4.79 Å². The zero-order valence-electron chi connectivity index (χ0n) is 8.31. The molecule has 1 atom stereocenters. The van der Waals surface area contributed by atoms with E-state index < -0.39 is 0 Å². The second-order valence-corrected chi connectivity index (χ2v) is 4.66. The number of carbonyl (C=O) groups is 2. The molecule has 1 heterocycles. The van der Waals surface area contributed by atoms with E-state index in [0.717, 1.165) is 6.42 Å². The van der Waals surface area contributed by atoms with Gasteiger partial charge in [-0.25, -0.2) is 4.79 Å². The number of urea groups is 1. The third-order valence-corrected chi connectivity index (χ3v) is 1.98. The molecule has 0 radical (unpaired) electrons. The Hall–Kier alpha value is -1.06. The largest absolute Gasteiger partial charge is 0.337 e. The predicted octanol–water partition coefficient (Wildman–Crippen LogP) is 0.878. The Morgan fingerprint density at radius 1 is 1.38 bits per heavy atom. The van der Waals surface area contributed by atoms with E-state index in [1.54, 1.807) is 0 Å². The van der Waals surface area contributed by atoms with Crippen molar-refractivity contribution >= 4 is 11.9 Å². The molecule has 3 amide bonds. The average molecular weight is 184 g/mol. The molecule has 0 saturated carbocycles. The highest BCUT2D eigenvalue weighted by atomic mass is 16.2. The summed E-state index contributed by atoms with van der Waals surface area (Å²) in [5, 5.41) is 4.88. The zero-order chi connectivity index (χ0) is 10.1. The summed E-state index contributed by atoms with van der Waals surface area (Å²) in [6.07, 6.45) is 0.791. The molecule has 13 heavy (non-hydrogen) atoms. The van der Waals surface area contributed by atoms with Crippen molar-refractivity contribution in [2.24, 2.45) is 11.3 Å². The van der Waals surface area contributed by atoms with Crippen LogP contribution in [0, 0.1) is 11.3 Å². The van der Waals surface area contributed by atoms with Gasteiger partial charge in [0.05, 0.1) is 5.92 Å². The number of amides is 3. The molecule has 1 saturated heterocycles. The van der Waals surface area contributed by atoms with Crippen LogP contribution in [0.3, 0.4) is 0 Å². The first-order chi connectivity index (χ1) is 5.88. The molecule has 1 fully saturated rings. The van der Waals surface area contributed by atoms with Gasteiger partial charge in [-0.1, -0.05) is 20.8 Å². The fourth-order valence-electron chi connectivity index (χ4n) is 1.47. The van der Waals surface area contributed by atoms with Crippen LogP contribution < -0.4 is 10.6 Å². The van der Waals surface area contributed by atoms with E-state index in [1.165, 1.54) is 0 Å². The van der Waals surface area contributed by atoms with Gasteiger partial charge >= 0.3 is 6.03 Å². The fraction of sp³-hybridized carbons (Fsp3) is 0.778. The van der Waals surface area contributed by atoms with Gasteiger partial charge in [-0.15, -0.1) is 0 Å². The highest BCUT2D eigenvalue weighted by molar-refractivity contribution is 5.97. The zero-order valence-corrected chi connectivity index (χ0v) is 8.31. The molecule has 74 valence electrons. The van der Waals surface area contributed by atoms with E-state index in [2.05, 4.69) is 31.4 Å². The molecule has 1 aliphatic rings. The van der Waals surface area contributed by atoms with Crippen molar-refractivity contribution in [1.29, 1.82) is 0 Å². The lowest BCUT2D eigenvalue weighted by Gasteiger charge is -2.28. The molecule has 1 aliphatic heterocycles. The number of carbonyl (C=O) groups excluding carboxylic acids is 2. The molecule has 0 bridgehead atoms. The van der Waals surface area contributed by atoms with Crippen LogP contribution in [0.25, 0.3) is 0 Å². The first kappa shape index (κ1) is 10.0. The number of imide groups is 1. The second kappa shape index (κ2) is 3.36. The Bertz CT molecular complexity index is 230. The molecule has 0 spiro atoms. The Kier molecular flexibility index (Phi) is 2.59. The van der Waals surface area contributed by atoms with Crippen LogP contribution in [0.5, 0.6) is 0 Å². The van der Waals surface area contributed by atoms with Crippen LogP contribution in [0.4, 0.5) is 4.79 Å². The normalized spacial score (nSPS) is 23.8. The standard InChI is InChI=1S/C9H16N2O2/c1-9(2,3)4-6-5-10-8(13)11-7(6)12/h6H,4-5H2,1-3H3,(H2,10,11,12,13). The maximum Gasteiger partial charge on any atom is 0.321 e. The Morgan fingerprint density at radius 2 is 2.00 bits per heavy atom. The molecule has 0 aromatic rings. The van der Waals surface area contributed by atoms with Crippen LogP contribution in [-0.4, -0.2) is 18.5 Å². The molecule has 0 aromatic carbocycles. The van der Waals surface area contributed by atoms with Crippen molar-refractivity contribution in [2.75, 3.05) is 6.54 Å². The van der Waals surface area contributed by atoms with Gasteiger partial charge in [0.1, 0.15) is 0 Å². The Labute approximate surface area is 78.1 Å². The quantitative estimate of drug-likeness (QED) is 0.635. The molecule has 4 heteroatoms. The van der Waals surface area contributed by atoms with Crippen LogP contribution >= 0.6 is 0 Å². The number of hydrogen-bond acceptors (Lipinski definition) is 2. The molecule has 2 N–H and O–H groups in total. The maximum atomic E-state index is 11.3. The van der Waals surface area contributed by atoms with Gasteiger partial charge in [0, 0.05) is 6.54 Å². The Balaban J connectivity index is 2.52. The SMILES string of the molecule is CC(C)(C)CC1CNC(=O)NC1=O. The third kappa shape index (κ3) is 3.05. The van der Waals surface area contributed by atoms with E-state index in [0.29, 0.717) is 6.54 Å². The van der Waals surface area contributed by atoms with Crippen molar-refractivity contribution in [1.82, 2.24) is 10.6 Å². The van der Waals surface area contributed by atoms with E-state index in [1.807, 2.05) is 0 Å². The maximum absolute atomic E-state index is 11.3. The second-order valence-electron chi connectivity index (χ2n) is 4.66. The molecular formula is C9H16N2O2. The van der Waals surface area contributed by atoms with Gasteiger partial charge in [-0.2, -0.15) is 0 Å². The van der Waals surface area contributed by atoms with E-state index in [4.69, 9.17) is 0 Å². The molecule has 0 aliphatic carbocycles. The van der Waals surface area contributed by atoms with Gasteiger partial charge in [-0.05, 0) is 11.8 Å². The summed E-state index contributed by atoms with van der Waals surface area (Å²) in [7, 11) is 0. The summed E-state index contributed by atoms with van der Waals surface area (Å²) in [4.78, 5) is 22.1. The minimum absolute atomic E-state index is 0.0855. The minimum atomic E-state index is -0.379. The number of hydrogen-bond donors (Lipinski definition) is 2. The molecule has 4 nitrogen and oxygen atoms in total. The molecule has 1 rings (SSSR count). The summed E-state index contributed by atoms with van der Waals surface area (Å²) < 4.78 is 0.